The number of methoxy groups -OCH3 is 1. The molecule has 8 nitrogen and oxygen atoms in total. The minimum Gasteiger partial charge on any atom is -0.493 e. The lowest BCUT2D eigenvalue weighted by molar-refractivity contribution is 0.0321. The second-order valence-electron chi connectivity index (χ2n) is 5.66. The van der Waals surface area contributed by atoms with Gasteiger partial charge in [-0.25, -0.2) is 4.98 Å². The van der Waals surface area contributed by atoms with E-state index in [2.05, 4.69) is 20.4 Å². The van der Waals surface area contributed by atoms with Gasteiger partial charge in [-0.15, -0.1) is 11.3 Å². The Bertz CT molecular complexity index is 731. The highest BCUT2D eigenvalue weighted by molar-refractivity contribution is 7.14. The predicted octanol–water partition coefficient (Wildman–Crippen LogP) is 1.89. The fourth-order valence-electron chi connectivity index (χ4n) is 2.49. The molecule has 140 valence electrons. The Kier molecular flexibility index (Phi) is 6.64. The number of rotatable bonds is 8. The molecule has 9 heteroatoms. The molecular weight excluding hydrogens is 354 g/mol. The number of nitrogens with zero attached hydrogens (tertiary/aromatic N) is 3. The van der Waals surface area contributed by atoms with Gasteiger partial charge in [0.15, 0.2) is 11.5 Å². The molecule has 0 atom stereocenters. The summed E-state index contributed by atoms with van der Waals surface area (Å²) in [6.45, 7) is 4.96. The molecule has 0 bridgehead atoms. The van der Waals surface area contributed by atoms with Gasteiger partial charge in [-0.2, -0.15) is 5.10 Å². The van der Waals surface area contributed by atoms with Gasteiger partial charge in [-0.1, -0.05) is 0 Å². The number of nitrogen functional groups attached to an aromatic ring is 1. The number of hydrazone groups is 1. The zero-order valence-electron chi connectivity index (χ0n) is 14.7. The normalized spacial score (nSPS) is 15.3. The molecule has 0 aliphatic carbocycles. The van der Waals surface area contributed by atoms with E-state index in [-0.39, 0.29) is 0 Å². The van der Waals surface area contributed by atoms with E-state index in [0.717, 1.165) is 44.2 Å². The molecule has 1 aliphatic heterocycles. The summed E-state index contributed by atoms with van der Waals surface area (Å²) in [5.74, 6) is 1.88. The number of thiazole rings is 1. The van der Waals surface area contributed by atoms with Crippen molar-refractivity contribution in [2.45, 2.75) is 0 Å². The monoisotopic (exact) mass is 377 g/mol. The van der Waals surface area contributed by atoms with Crippen molar-refractivity contribution in [2.24, 2.45) is 5.10 Å². The number of aromatic nitrogens is 1. The van der Waals surface area contributed by atoms with Crippen molar-refractivity contribution in [3.05, 3.63) is 29.1 Å². The van der Waals surface area contributed by atoms with Crippen LogP contribution < -0.4 is 20.6 Å². The Balaban J connectivity index is 1.52. The third-order valence-corrected chi connectivity index (χ3v) is 4.62. The smallest absolute Gasteiger partial charge is 0.205 e. The molecular formula is C17H23N5O3S. The van der Waals surface area contributed by atoms with Crippen molar-refractivity contribution >= 4 is 28.5 Å². The fraction of sp³-hybridized carbons (Fsp3) is 0.412. The second kappa shape index (κ2) is 9.37. The number of ether oxygens (including phenoxy) is 3. The van der Waals surface area contributed by atoms with Gasteiger partial charge in [0, 0.05) is 25.0 Å². The third-order valence-electron chi connectivity index (χ3n) is 3.85. The van der Waals surface area contributed by atoms with Gasteiger partial charge in [0.2, 0.25) is 5.13 Å². The molecule has 2 heterocycles. The van der Waals surface area contributed by atoms with Crippen molar-refractivity contribution < 1.29 is 14.2 Å². The maximum absolute atomic E-state index is 5.87. The Labute approximate surface area is 156 Å². The van der Waals surface area contributed by atoms with Crippen molar-refractivity contribution in [1.29, 1.82) is 0 Å². The van der Waals surface area contributed by atoms with Crippen LogP contribution >= 0.6 is 11.3 Å². The van der Waals surface area contributed by atoms with Gasteiger partial charge < -0.3 is 19.9 Å². The first kappa shape index (κ1) is 18.4. The molecule has 1 aliphatic rings. The highest BCUT2D eigenvalue weighted by atomic mass is 32.1. The Morgan fingerprint density at radius 2 is 2.23 bits per heavy atom. The van der Waals surface area contributed by atoms with Gasteiger partial charge in [-0.05, 0) is 23.8 Å². The van der Waals surface area contributed by atoms with E-state index in [1.54, 1.807) is 18.7 Å². The summed E-state index contributed by atoms with van der Waals surface area (Å²) >= 11 is 1.40. The molecule has 0 unspecified atom stereocenters. The zero-order chi connectivity index (χ0) is 18.2. The van der Waals surface area contributed by atoms with Crippen LogP contribution in [0.2, 0.25) is 0 Å². The molecule has 3 N–H and O–H groups in total. The number of hydrogen-bond acceptors (Lipinski definition) is 9. The van der Waals surface area contributed by atoms with Gasteiger partial charge in [0.25, 0.3) is 0 Å². The van der Waals surface area contributed by atoms with Crippen LogP contribution in [0.25, 0.3) is 0 Å². The van der Waals surface area contributed by atoms with Crippen molar-refractivity contribution in [3.8, 4) is 11.5 Å². The number of nitrogens with one attached hydrogen (secondary N) is 1. The molecule has 1 saturated heterocycles. The number of anilines is 2. The average molecular weight is 377 g/mol. The maximum Gasteiger partial charge on any atom is 0.205 e. The number of benzene rings is 1. The van der Waals surface area contributed by atoms with Crippen molar-refractivity contribution in [2.75, 3.05) is 57.7 Å². The van der Waals surface area contributed by atoms with Gasteiger partial charge in [0.1, 0.15) is 12.4 Å². The lowest BCUT2D eigenvalue weighted by Crippen LogP contribution is -2.38. The minimum atomic E-state index is 0.480. The van der Waals surface area contributed by atoms with Crippen LogP contribution in [-0.2, 0) is 4.74 Å². The molecule has 1 fully saturated rings. The molecule has 0 amide bonds. The lowest BCUT2D eigenvalue weighted by Gasteiger charge is -2.26. The first-order valence-corrected chi connectivity index (χ1v) is 9.23. The van der Waals surface area contributed by atoms with E-state index in [9.17, 15) is 0 Å². The first-order valence-electron chi connectivity index (χ1n) is 8.35. The summed E-state index contributed by atoms with van der Waals surface area (Å²) in [7, 11) is 1.63. The summed E-state index contributed by atoms with van der Waals surface area (Å²) in [6, 6.07) is 5.69. The Morgan fingerprint density at radius 3 is 2.96 bits per heavy atom. The van der Waals surface area contributed by atoms with Crippen molar-refractivity contribution in [1.82, 2.24) is 9.88 Å². The molecule has 0 radical (unpaired) electrons. The highest BCUT2D eigenvalue weighted by Gasteiger charge is 2.11. The average Bonchev–Trinajstić information content (AvgIpc) is 3.08. The van der Waals surface area contributed by atoms with Gasteiger partial charge >= 0.3 is 0 Å². The fourth-order valence-corrected chi connectivity index (χ4v) is 3.04. The summed E-state index contributed by atoms with van der Waals surface area (Å²) < 4.78 is 16.6. The van der Waals surface area contributed by atoms with Crippen LogP contribution in [0.15, 0.2) is 28.7 Å². The molecule has 2 aromatic rings. The van der Waals surface area contributed by atoms with E-state index >= 15 is 0 Å². The predicted molar refractivity (Wildman–Crippen MR) is 103 cm³/mol. The highest BCUT2D eigenvalue weighted by Crippen LogP contribution is 2.27. The summed E-state index contributed by atoms with van der Waals surface area (Å²) in [4.78, 5) is 6.40. The van der Waals surface area contributed by atoms with Gasteiger partial charge in [-0.3, -0.25) is 10.3 Å². The summed E-state index contributed by atoms with van der Waals surface area (Å²) in [6.07, 6.45) is 1.69. The summed E-state index contributed by atoms with van der Waals surface area (Å²) in [5.41, 5.74) is 9.31. The lowest BCUT2D eigenvalue weighted by atomic mass is 10.2. The molecule has 0 saturated carbocycles. The minimum absolute atomic E-state index is 0.480. The molecule has 0 spiro atoms. The van der Waals surface area contributed by atoms with Crippen LogP contribution in [0.3, 0.4) is 0 Å². The van der Waals surface area contributed by atoms with Crippen LogP contribution in [0, 0.1) is 0 Å². The topological polar surface area (TPSA) is 94.2 Å². The van der Waals surface area contributed by atoms with Crippen molar-refractivity contribution in [3.63, 3.8) is 0 Å². The quantitative estimate of drug-likeness (QED) is 0.536. The van der Waals surface area contributed by atoms with E-state index in [1.165, 1.54) is 11.3 Å². The SMILES string of the molecule is COc1cc(C=NNc2nc(N)cs2)ccc1OCCN1CCOCC1. The standard InChI is InChI=1S/C17H23N5O3S/c1-23-15-10-13(11-19-21-17-20-16(18)12-26-17)2-3-14(15)25-9-6-22-4-7-24-8-5-22/h2-3,10-12H,4-9,18H2,1H3,(H,20,21). The van der Waals surface area contributed by atoms with E-state index < -0.39 is 0 Å². The van der Waals surface area contributed by atoms with E-state index in [0.29, 0.717) is 23.3 Å². The number of hydrogen-bond donors (Lipinski definition) is 2. The largest absolute Gasteiger partial charge is 0.493 e. The Morgan fingerprint density at radius 1 is 1.38 bits per heavy atom. The number of nitrogens with two attached hydrogens (primary N) is 1. The number of morpholine rings is 1. The molecule has 3 rings (SSSR count). The zero-order valence-corrected chi connectivity index (χ0v) is 15.5. The summed E-state index contributed by atoms with van der Waals surface area (Å²) in [5, 5.41) is 6.56. The Hall–Kier alpha value is -2.36. The van der Waals surface area contributed by atoms with Crippen LogP contribution in [0.4, 0.5) is 10.9 Å². The van der Waals surface area contributed by atoms with E-state index in [1.807, 2.05) is 18.2 Å². The second-order valence-corrected chi connectivity index (χ2v) is 6.52. The molecule has 1 aromatic carbocycles. The van der Waals surface area contributed by atoms with Gasteiger partial charge in [0.05, 0.1) is 26.5 Å². The maximum atomic E-state index is 5.87. The molecule has 1 aromatic heterocycles. The third kappa shape index (κ3) is 5.32. The van der Waals surface area contributed by atoms with Crippen LogP contribution in [0.5, 0.6) is 11.5 Å². The van der Waals surface area contributed by atoms with E-state index in [4.69, 9.17) is 19.9 Å². The van der Waals surface area contributed by atoms with Crippen LogP contribution in [0.1, 0.15) is 5.56 Å². The molecule has 26 heavy (non-hydrogen) atoms. The van der Waals surface area contributed by atoms with Crippen LogP contribution in [-0.4, -0.2) is 62.7 Å². The first-order chi connectivity index (χ1) is 12.7.